The van der Waals surface area contributed by atoms with Crippen molar-refractivity contribution in [3.05, 3.63) is 0 Å². The van der Waals surface area contributed by atoms with E-state index in [1.807, 2.05) is 0 Å². The maximum Gasteiger partial charge on any atom is 0.160 e. The minimum atomic E-state index is 0.848. The maximum absolute atomic E-state index is 5.08. The monoisotopic (exact) mass is 355 g/mol. The number of hydrogen-bond acceptors (Lipinski definition) is 2. The number of thiocarbonyl (C=S) groups is 1. The summed E-state index contributed by atoms with van der Waals surface area (Å²) in [5, 5.41) is 0. The molecule has 0 spiro atoms. The lowest BCUT2D eigenvalue weighted by atomic mass is 10.0. The number of hydrogen-bond donors (Lipinski definition) is 0. The average molecular weight is 356 g/mol. The summed E-state index contributed by atoms with van der Waals surface area (Å²) < 4.78 is 0.848. The van der Waals surface area contributed by atoms with Crippen molar-refractivity contribution in [3.63, 3.8) is 0 Å². The lowest BCUT2D eigenvalue weighted by Gasteiger charge is -2.03. The van der Waals surface area contributed by atoms with Crippen LogP contribution < -0.4 is 0 Å². The van der Waals surface area contributed by atoms with E-state index < -0.39 is 0 Å². The quantitative estimate of drug-likeness (QED) is 0.207. The van der Waals surface area contributed by atoms with Gasteiger partial charge in [-0.05, 0) is 12.8 Å². The summed E-state index contributed by atoms with van der Waals surface area (Å²) in [7, 11) is 0. The van der Waals surface area contributed by atoms with Crippen LogP contribution in [0.1, 0.15) is 110 Å². The van der Waals surface area contributed by atoms with E-state index in [-0.39, 0.29) is 0 Å². The van der Waals surface area contributed by atoms with Gasteiger partial charge in [0.2, 0.25) is 0 Å². The minimum absolute atomic E-state index is 0.848. The van der Waals surface area contributed by atoms with Crippen LogP contribution in [0.2, 0.25) is 0 Å². The van der Waals surface area contributed by atoms with Crippen molar-refractivity contribution in [2.24, 2.45) is 4.99 Å². The van der Waals surface area contributed by atoms with Crippen LogP contribution in [0, 0.1) is 0 Å². The molecular weight excluding hydrogens is 318 g/mol. The highest BCUT2D eigenvalue weighted by atomic mass is 32.2. The molecule has 0 atom stereocenters. The van der Waals surface area contributed by atoms with Gasteiger partial charge in [-0.1, -0.05) is 121 Å². The lowest BCUT2D eigenvalue weighted by molar-refractivity contribution is 0.533. The molecule has 134 valence electrons. The van der Waals surface area contributed by atoms with E-state index in [9.17, 15) is 0 Å². The Labute approximate surface area is 154 Å². The third-order valence-corrected chi connectivity index (χ3v) is 5.94. The largest absolute Gasteiger partial charge is 0.238 e. The number of thioether (sulfide) groups is 1. The van der Waals surface area contributed by atoms with Gasteiger partial charge in [0.15, 0.2) is 4.32 Å². The van der Waals surface area contributed by atoms with Gasteiger partial charge in [0.05, 0.1) is 0 Å². The molecule has 1 aliphatic heterocycles. The van der Waals surface area contributed by atoms with Gasteiger partial charge >= 0.3 is 0 Å². The fourth-order valence-electron chi connectivity index (χ4n) is 3.17. The van der Waals surface area contributed by atoms with Gasteiger partial charge in [-0.15, -0.1) is 0 Å². The molecule has 1 nitrogen and oxygen atoms in total. The molecule has 0 saturated carbocycles. The van der Waals surface area contributed by atoms with Crippen molar-refractivity contribution >= 4 is 34.0 Å². The van der Waals surface area contributed by atoms with Gasteiger partial charge in [0.25, 0.3) is 0 Å². The SMILES string of the molecule is CCCCCCCCCCCCCCCCCC1=NC(=S)SC1. The molecule has 0 N–H and O–H groups in total. The second-order valence-corrected chi connectivity index (χ2v) is 8.54. The molecule has 0 unspecified atom stereocenters. The molecule has 0 aliphatic carbocycles. The van der Waals surface area contributed by atoms with Crippen molar-refractivity contribution in [2.45, 2.75) is 110 Å². The zero-order valence-electron chi connectivity index (χ0n) is 15.3. The standard InChI is InChI=1S/C20H37NS2/c1-2-3-4-5-6-7-8-9-10-11-12-13-14-15-16-17-19-18-23-20(22)21-19/h2-18H2,1H3. The highest BCUT2D eigenvalue weighted by Gasteiger charge is 2.10. The van der Waals surface area contributed by atoms with Crippen molar-refractivity contribution in [1.29, 1.82) is 0 Å². The summed E-state index contributed by atoms with van der Waals surface area (Å²) in [6.07, 6.45) is 22.6. The molecule has 0 aromatic carbocycles. The van der Waals surface area contributed by atoms with Crippen molar-refractivity contribution in [2.75, 3.05) is 5.75 Å². The smallest absolute Gasteiger partial charge is 0.160 e. The Kier molecular flexibility index (Phi) is 14.4. The molecule has 0 radical (unpaired) electrons. The van der Waals surface area contributed by atoms with Gasteiger partial charge in [-0.2, -0.15) is 0 Å². The van der Waals surface area contributed by atoms with Gasteiger partial charge in [-0.3, -0.25) is 0 Å². The van der Waals surface area contributed by atoms with Gasteiger partial charge in [0, 0.05) is 11.5 Å². The summed E-state index contributed by atoms with van der Waals surface area (Å²) in [6.45, 7) is 2.29. The molecule has 0 aromatic rings. The van der Waals surface area contributed by atoms with Crippen LogP contribution in [-0.4, -0.2) is 15.8 Å². The summed E-state index contributed by atoms with van der Waals surface area (Å²) in [5.74, 6) is 1.05. The van der Waals surface area contributed by atoms with Gasteiger partial charge in [-0.25, -0.2) is 4.99 Å². The Balaban J connectivity index is 1.70. The highest BCUT2D eigenvalue weighted by molar-refractivity contribution is 8.23. The Bertz CT molecular complexity index is 326. The second-order valence-electron chi connectivity index (χ2n) is 6.93. The molecule has 1 rings (SSSR count). The first-order valence-electron chi connectivity index (χ1n) is 10.1. The maximum atomic E-state index is 5.08. The predicted octanol–water partition coefficient (Wildman–Crippen LogP) is 7.72. The van der Waals surface area contributed by atoms with E-state index in [1.165, 1.54) is 108 Å². The van der Waals surface area contributed by atoms with Crippen LogP contribution in [0.4, 0.5) is 0 Å². The second kappa shape index (κ2) is 15.6. The third kappa shape index (κ3) is 13.1. The number of nitrogens with zero attached hydrogens (tertiary/aromatic N) is 1. The molecule has 0 aromatic heterocycles. The molecule has 1 aliphatic rings. The Hall–Kier alpha value is 0.110. The Morgan fingerprint density at radius 2 is 1.17 bits per heavy atom. The van der Waals surface area contributed by atoms with Crippen LogP contribution in [0.5, 0.6) is 0 Å². The van der Waals surface area contributed by atoms with Crippen LogP contribution >= 0.6 is 24.0 Å². The summed E-state index contributed by atoms with van der Waals surface area (Å²) in [4.78, 5) is 4.40. The summed E-state index contributed by atoms with van der Waals surface area (Å²) >= 11 is 6.80. The van der Waals surface area contributed by atoms with E-state index in [4.69, 9.17) is 12.2 Å². The van der Waals surface area contributed by atoms with Gasteiger partial charge in [0.1, 0.15) is 0 Å². The lowest BCUT2D eigenvalue weighted by Crippen LogP contribution is -1.96. The topological polar surface area (TPSA) is 12.4 Å². The molecule has 0 bridgehead atoms. The van der Waals surface area contributed by atoms with Crippen molar-refractivity contribution < 1.29 is 0 Å². The van der Waals surface area contributed by atoms with Crippen LogP contribution in [0.25, 0.3) is 0 Å². The van der Waals surface area contributed by atoms with E-state index in [1.54, 1.807) is 11.8 Å². The number of aliphatic imine (C=N–C) groups is 1. The molecular formula is C20H37NS2. The zero-order valence-corrected chi connectivity index (χ0v) is 16.9. The fourth-order valence-corrected chi connectivity index (χ4v) is 4.17. The van der Waals surface area contributed by atoms with E-state index >= 15 is 0 Å². The minimum Gasteiger partial charge on any atom is -0.238 e. The zero-order chi connectivity index (χ0) is 16.6. The average Bonchev–Trinajstić information content (AvgIpc) is 2.96. The first kappa shape index (κ1) is 21.2. The Morgan fingerprint density at radius 3 is 1.57 bits per heavy atom. The number of rotatable bonds is 16. The van der Waals surface area contributed by atoms with E-state index in [0.717, 1.165) is 10.1 Å². The normalized spacial score (nSPS) is 14.5. The molecule has 0 fully saturated rings. The van der Waals surface area contributed by atoms with Crippen LogP contribution in [0.3, 0.4) is 0 Å². The molecule has 23 heavy (non-hydrogen) atoms. The fraction of sp³-hybridized carbons (Fsp3) is 0.900. The van der Waals surface area contributed by atoms with E-state index in [2.05, 4.69) is 11.9 Å². The van der Waals surface area contributed by atoms with Crippen molar-refractivity contribution in [3.8, 4) is 0 Å². The summed E-state index contributed by atoms with van der Waals surface area (Å²) in [6, 6.07) is 0. The van der Waals surface area contributed by atoms with Crippen LogP contribution in [0.15, 0.2) is 4.99 Å². The van der Waals surface area contributed by atoms with E-state index in [0.29, 0.717) is 0 Å². The molecule has 0 amide bonds. The first-order chi connectivity index (χ1) is 11.3. The Morgan fingerprint density at radius 1 is 0.739 bits per heavy atom. The number of unbranched alkanes of at least 4 members (excludes halogenated alkanes) is 14. The first-order valence-corrected chi connectivity index (χ1v) is 11.5. The summed E-state index contributed by atoms with van der Waals surface area (Å²) in [5.41, 5.74) is 1.33. The van der Waals surface area contributed by atoms with Crippen LogP contribution in [-0.2, 0) is 0 Å². The van der Waals surface area contributed by atoms with Gasteiger partial charge < -0.3 is 0 Å². The molecule has 3 heteroatoms. The predicted molar refractivity (Wildman–Crippen MR) is 112 cm³/mol. The molecule has 1 heterocycles. The van der Waals surface area contributed by atoms with Crippen molar-refractivity contribution in [1.82, 2.24) is 0 Å². The third-order valence-electron chi connectivity index (χ3n) is 4.68. The highest BCUT2D eigenvalue weighted by Crippen LogP contribution is 2.18. The molecule has 0 saturated heterocycles.